The van der Waals surface area contributed by atoms with Gasteiger partial charge in [-0.05, 0) is 312 Å². The molecule has 29 unspecified atom stereocenters. The van der Waals surface area contributed by atoms with E-state index in [1.807, 2.05) is 55.4 Å². The maximum Gasteiger partial charge on any atom is 0.310 e. The van der Waals surface area contributed by atoms with Crippen LogP contribution < -0.4 is 0 Å². The van der Waals surface area contributed by atoms with Gasteiger partial charge in [0.05, 0.1) is 67.5 Å². The third-order valence-corrected chi connectivity index (χ3v) is 33.8. The van der Waals surface area contributed by atoms with Gasteiger partial charge in [0.2, 0.25) is 0 Å². The Hall–Kier alpha value is -3.30. The van der Waals surface area contributed by atoms with Crippen LogP contribution in [0.25, 0.3) is 0 Å². The van der Waals surface area contributed by atoms with Crippen molar-refractivity contribution in [2.75, 3.05) is 13.7 Å². The van der Waals surface area contributed by atoms with Crippen molar-refractivity contribution in [2.45, 2.75) is 350 Å². The summed E-state index contributed by atoms with van der Waals surface area (Å²) in [4.78, 5) is 69.6. The Morgan fingerprint density at radius 1 is 0.415 bits per heavy atom. The van der Waals surface area contributed by atoms with Gasteiger partial charge in [0.15, 0.2) is 0 Å². The van der Waals surface area contributed by atoms with Crippen molar-refractivity contribution in [1.29, 1.82) is 0 Å². The third-order valence-electron chi connectivity index (χ3n) is 33.8. The Morgan fingerprint density at radius 3 is 1.48 bits per heavy atom. The summed E-state index contributed by atoms with van der Waals surface area (Å²) in [7, 11) is 1.39. The van der Waals surface area contributed by atoms with E-state index in [0.717, 1.165) is 142 Å². The monoisotopic (exact) mass is 1480 g/mol. The summed E-state index contributed by atoms with van der Waals surface area (Å²) in [5.41, 5.74) is 0.0176. The molecule has 0 aromatic rings. The molecule has 15 nitrogen and oxygen atoms in total. The van der Waals surface area contributed by atoms with E-state index in [0.29, 0.717) is 83.0 Å². The fraction of sp³-hybridized carbons (Fsp3) is 0.934. The van der Waals surface area contributed by atoms with Gasteiger partial charge in [-0.1, -0.05) is 102 Å². The fourth-order valence-corrected chi connectivity index (χ4v) is 29.1. The lowest BCUT2D eigenvalue weighted by Gasteiger charge is -2.45. The molecule has 25 fully saturated rings. The Balaban J connectivity index is 0.000000112. The molecule has 29 atom stereocenters. The number of hydrogen-bond donors (Lipinski definition) is 3. The summed E-state index contributed by atoms with van der Waals surface area (Å²) >= 11 is 0. The minimum Gasteiger partial charge on any atom is -0.469 e. The number of fused-ring (bicyclic) bond motifs is 18. The second kappa shape index (κ2) is 35.4. The van der Waals surface area contributed by atoms with Gasteiger partial charge in [0.25, 0.3) is 0 Å². The van der Waals surface area contributed by atoms with Crippen molar-refractivity contribution in [3.05, 3.63) is 0 Å². The van der Waals surface area contributed by atoms with Crippen molar-refractivity contribution in [3.63, 3.8) is 0 Å². The largest absolute Gasteiger partial charge is 0.469 e. The van der Waals surface area contributed by atoms with Crippen molar-refractivity contribution in [2.24, 2.45) is 172 Å². The van der Waals surface area contributed by atoms with Gasteiger partial charge < -0.3 is 43.7 Å². The van der Waals surface area contributed by atoms with Crippen LogP contribution in [0.4, 0.5) is 0 Å². The highest BCUT2D eigenvalue weighted by atomic mass is 16.6. The van der Waals surface area contributed by atoms with Crippen LogP contribution in [-0.4, -0.2) is 107 Å². The zero-order valence-electron chi connectivity index (χ0n) is 68.3. The quantitative estimate of drug-likeness (QED) is 0.173. The lowest BCUT2D eigenvalue weighted by Crippen LogP contribution is -2.40. The number of carbonyl (C=O) groups is 6. The van der Waals surface area contributed by atoms with Gasteiger partial charge in [-0.15, -0.1) is 0 Å². The third kappa shape index (κ3) is 15.6. The molecule has 25 rings (SSSR count). The minimum atomic E-state index is -0.249. The topological polar surface area (TPSA) is 218 Å². The Kier molecular flexibility index (Phi) is 27.4. The first-order valence-electron chi connectivity index (χ1n) is 45.5. The summed E-state index contributed by atoms with van der Waals surface area (Å²) in [5.74, 6) is 17.2. The van der Waals surface area contributed by atoms with Gasteiger partial charge in [0.1, 0.15) is 23.4 Å². The van der Waals surface area contributed by atoms with Crippen LogP contribution in [0.3, 0.4) is 0 Å². The highest BCUT2D eigenvalue weighted by molar-refractivity contribution is 5.86. The molecule has 0 amide bonds. The standard InChI is InChI=1S/C13H18O2.C12H18O2.C11H14O4.C11H18O.C10H14O2.C9H12O2.C9H16O.C8H14O.4C2H6/c14-12-10-8-3-4-9(7-8)11(10)13(15-12)5-1-2-6-13;13-11-9-5-1-2-6-10(9)12(14-11)7-3-4-8-12;1-4-5-3-6-8(7(5)10(12)14-2)11(13)15-9(4)6;12-9-5-10-7-1-2-8(4-3-7)11(10)6-9;11-10-9-7-3-1-6(2-4-7)8(9)5-12-10;1-4-5-2-6-7(3-5)9(10)11-8(4)6;1-2-6-3-8-4-7(6)5-9(8)10;1-5-2-7-3-6(5)4-8(7)9;4*1-2/h8-11H,1-7H2;9-10H,1-8H2;4-9H,3H2,1-2H3;7-12H,1-6H2;6-9H,1-5H2;4-8H,2-3H2,1H3;6-10H,2-5H2,1H3;5-9H,2-4H2,1H3;4*1-2H3. The molecule has 5 aliphatic heterocycles. The van der Waals surface area contributed by atoms with Gasteiger partial charge in [-0.3, -0.25) is 28.8 Å². The summed E-state index contributed by atoms with van der Waals surface area (Å²) < 4.78 is 32.1. The molecular weight excluding hydrogens is 1330 g/mol. The van der Waals surface area contributed by atoms with E-state index in [9.17, 15) is 44.1 Å². The first-order chi connectivity index (χ1) is 51.3. The lowest BCUT2D eigenvalue weighted by molar-refractivity contribution is -0.153. The Bertz CT molecular complexity index is 2880. The van der Waals surface area contributed by atoms with Gasteiger partial charge in [-0.25, -0.2) is 0 Å². The van der Waals surface area contributed by atoms with Crippen LogP contribution in [0.5, 0.6) is 0 Å². The number of aliphatic hydroxyl groups excluding tert-OH is 3. The molecule has 0 aromatic heterocycles. The average molecular weight is 1480 g/mol. The molecule has 14 bridgehead atoms. The van der Waals surface area contributed by atoms with Gasteiger partial charge >= 0.3 is 35.8 Å². The van der Waals surface area contributed by atoms with Crippen LogP contribution in [0.15, 0.2) is 0 Å². The molecule has 5 saturated heterocycles. The average Bonchev–Trinajstić information content (AvgIpc) is 1.56. The predicted octanol–water partition coefficient (Wildman–Crippen LogP) is 18.1. The number of carbonyl (C=O) groups excluding carboxylic acids is 6. The van der Waals surface area contributed by atoms with E-state index >= 15 is 0 Å². The molecule has 5 heterocycles. The second-order valence-electron chi connectivity index (χ2n) is 37.8. The van der Waals surface area contributed by atoms with Gasteiger partial charge in [-0.2, -0.15) is 0 Å². The van der Waals surface area contributed by atoms with Crippen LogP contribution in [-0.2, 0) is 57.2 Å². The normalized spacial score (nSPS) is 47.8. The van der Waals surface area contributed by atoms with Gasteiger partial charge in [0, 0.05) is 29.6 Å². The van der Waals surface area contributed by atoms with E-state index in [2.05, 4.69) is 27.7 Å². The van der Waals surface area contributed by atoms with Crippen LogP contribution in [0.1, 0.15) is 308 Å². The summed E-state index contributed by atoms with van der Waals surface area (Å²) in [6, 6.07) is 0. The van der Waals surface area contributed by atoms with Crippen molar-refractivity contribution >= 4 is 35.8 Å². The first-order valence-corrected chi connectivity index (χ1v) is 45.5. The Labute approximate surface area is 640 Å². The molecule has 20 aliphatic carbocycles. The molecule has 106 heavy (non-hydrogen) atoms. The number of hydrogen-bond acceptors (Lipinski definition) is 15. The number of esters is 6. The maximum absolute atomic E-state index is 12.0. The Morgan fingerprint density at radius 2 is 0.943 bits per heavy atom. The molecule has 15 heteroatoms. The zero-order chi connectivity index (χ0) is 75.8. The molecule has 602 valence electrons. The molecule has 20 saturated carbocycles. The van der Waals surface area contributed by atoms with E-state index in [1.165, 1.54) is 161 Å². The number of aliphatic hydroxyl groups is 3. The second-order valence-corrected chi connectivity index (χ2v) is 37.8. The number of cyclic esters (lactones) is 1. The van der Waals surface area contributed by atoms with Crippen molar-refractivity contribution < 1.29 is 72.5 Å². The van der Waals surface area contributed by atoms with Crippen LogP contribution in [0, 0.1) is 172 Å². The zero-order valence-corrected chi connectivity index (χ0v) is 68.3. The molecule has 0 radical (unpaired) electrons. The van der Waals surface area contributed by atoms with Crippen LogP contribution >= 0.6 is 0 Å². The summed E-state index contributed by atoms with van der Waals surface area (Å²) in [5, 5.41) is 28.4. The van der Waals surface area contributed by atoms with Crippen molar-refractivity contribution in [1.82, 2.24) is 0 Å². The predicted molar refractivity (Wildman–Crippen MR) is 409 cm³/mol. The summed E-state index contributed by atoms with van der Waals surface area (Å²) in [6.45, 7) is 25.6. The molecule has 25 aliphatic rings. The molecule has 3 N–H and O–H groups in total. The highest BCUT2D eigenvalue weighted by Crippen LogP contribution is 2.65. The molecule has 2 spiro atoms. The van der Waals surface area contributed by atoms with E-state index in [1.54, 1.807) is 0 Å². The molecule has 0 aromatic carbocycles. The van der Waals surface area contributed by atoms with Crippen LogP contribution in [0.2, 0.25) is 0 Å². The number of methoxy groups -OCH3 is 1. The first kappa shape index (κ1) is 82.2. The van der Waals surface area contributed by atoms with E-state index in [-0.39, 0.29) is 101 Å². The number of rotatable bonds is 2. The SMILES string of the molecule is CC.CC.CC.CC.CC1C2CC3C(=O)OC1C3C2.CC1CC2CC1CC2O.CCC1CC2CC1CC2O.COC(=O)C1C2CC3C(OC(=O)C31)C2C.O=C1OC2(CCCC2)C2C3CCC(C3)C12.O=C1OC2(CCCC2)C2CCCCC12.O=C1OCC2C3CCC(CC3)C12.OC1CC2C3CCC(CC3)C2C1. The summed E-state index contributed by atoms with van der Waals surface area (Å²) in [6.07, 6.45) is 44.5. The van der Waals surface area contributed by atoms with E-state index < -0.39 is 0 Å². The number of ether oxygens (including phenoxy) is 6. The highest BCUT2D eigenvalue weighted by Gasteiger charge is 2.69. The maximum atomic E-state index is 12.0. The van der Waals surface area contributed by atoms with Crippen molar-refractivity contribution in [3.8, 4) is 0 Å². The molecular formula is C91H148O15. The smallest absolute Gasteiger partial charge is 0.310 e. The lowest BCUT2D eigenvalue weighted by atomic mass is 9.60. The minimum absolute atomic E-state index is 0.00215. The fourth-order valence-electron chi connectivity index (χ4n) is 29.1. The van der Waals surface area contributed by atoms with E-state index in [4.69, 9.17) is 28.4 Å².